The van der Waals surface area contributed by atoms with Crippen molar-refractivity contribution < 1.29 is 46.9 Å². The van der Waals surface area contributed by atoms with Gasteiger partial charge in [-0.2, -0.15) is 13.2 Å². The van der Waals surface area contributed by atoms with Gasteiger partial charge in [-0.05, 0) is 69.2 Å². The van der Waals surface area contributed by atoms with Crippen molar-refractivity contribution in [2.24, 2.45) is 11.5 Å². The molecule has 2 unspecified atom stereocenters. The molecule has 2 aromatic carbocycles. The van der Waals surface area contributed by atoms with Crippen molar-refractivity contribution in [3.8, 4) is 17.2 Å². The molecular weight excluding hydrogens is 631 g/mol. The maximum Gasteiger partial charge on any atom is 0.490 e. The van der Waals surface area contributed by atoms with E-state index in [0.29, 0.717) is 22.6 Å². The van der Waals surface area contributed by atoms with Crippen LogP contribution in [0.25, 0.3) is 5.69 Å². The van der Waals surface area contributed by atoms with Crippen molar-refractivity contribution in [3.05, 3.63) is 86.2 Å². The van der Waals surface area contributed by atoms with E-state index in [1.54, 1.807) is 36.4 Å². The molecule has 0 radical (unpaired) electrons. The molecule has 0 saturated heterocycles. The first-order chi connectivity index (χ1) is 21.8. The second kappa shape index (κ2) is 12.7. The number of carbonyl (C=O) groups excluding carboxylic acids is 3. The number of amides is 1. The number of fused-ring (bicyclic) bond motifs is 5. The van der Waals surface area contributed by atoms with E-state index in [2.05, 4.69) is 0 Å². The molecule has 0 spiro atoms. The van der Waals surface area contributed by atoms with Gasteiger partial charge in [0.2, 0.25) is 5.91 Å². The number of benzene rings is 2. The van der Waals surface area contributed by atoms with Crippen LogP contribution in [0.3, 0.4) is 0 Å². The second-order valence-electron chi connectivity index (χ2n) is 11.1. The minimum absolute atomic E-state index is 0.0494. The van der Waals surface area contributed by atoms with E-state index in [1.165, 1.54) is 22.4 Å². The molecule has 2 aliphatic rings. The largest absolute Gasteiger partial charge is 0.490 e. The van der Waals surface area contributed by atoms with Crippen LogP contribution in [-0.2, 0) is 20.9 Å². The minimum Gasteiger partial charge on any atom is -0.483 e. The van der Waals surface area contributed by atoms with E-state index >= 15 is 0 Å². The molecule has 250 valence electrons. The number of alkyl halides is 3. The van der Waals surface area contributed by atoms with Gasteiger partial charge in [0.1, 0.15) is 29.2 Å². The van der Waals surface area contributed by atoms with Gasteiger partial charge in [0.15, 0.2) is 5.78 Å². The van der Waals surface area contributed by atoms with Crippen LogP contribution in [0.1, 0.15) is 55.6 Å². The molecule has 0 aliphatic carbocycles. The maximum atomic E-state index is 13.8. The number of primary amides is 1. The molecule has 1 amide bonds. The van der Waals surface area contributed by atoms with Crippen LogP contribution in [-0.4, -0.2) is 60.5 Å². The Morgan fingerprint density at radius 1 is 1.09 bits per heavy atom. The van der Waals surface area contributed by atoms with Gasteiger partial charge in [-0.15, -0.1) is 0 Å². The first-order valence-electron chi connectivity index (χ1n) is 14.0. The number of allylic oxidation sites excluding steroid dienone is 1. The number of aliphatic carboxylic acids is 1. The van der Waals surface area contributed by atoms with Gasteiger partial charge in [-0.25, -0.2) is 33.1 Å². The second-order valence-corrected chi connectivity index (χ2v) is 11.1. The van der Waals surface area contributed by atoms with Gasteiger partial charge in [0, 0.05) is 23.6 Å². The summed E-state index contributed by atoms with van der Waals surface area (Å²) in [6.45, 7) is 5.31. The van der Waals surface area contributed by atoms with Crippen molar-refractivity contribution >= 4 is 23.6 Å². The molecule has 17 heteroatoms. The van der Waals surface area contributed by atoms with Gasteiger partial charge in [-0.3, -0.25) is 9.59 Å². The number of esters is 1. The summed E-state index contributed by atoms with van der Waals surface area (Å²) in [5.41, 5.74) is 11.2. The fraction of sp³-hybridized carbons (Fsp3) is 0.333. The van der Waals surface area contributed by atoms with E-state index in [-0.39, 0.29) is 30.9 Å². The Balaban J connectivity index is 0.000000644. The van der Waals surface area contributed by atoms with E-state index in [0.717, 1.165) is 10.1 Å². The summed E-state index contributed by atoms with van der Waals surface area (Å²) in [7, 11) is 0. The van der Waals surface area contributed by atoms with Crippen LogP contribution >= 0.6 is 0 Å². The Morgan fingerprint density at radius 3 is 2.26 bits per heavy atom. The number of carboxylic acid groups (broad SMARTS) is 1. The molecule has 3 aromatic rings. The highest BCUT2D eigenvalue weighted by Gasteiger charge is 2.44. The molecule has 47 heavy (non-hydrogen) atoms. The summed E-state index contributed by atoms with van der Waals surface area (Å²) in [6, 6.07) is 9.34. The lowest BCUT2D eigenvalue weighted by atomic mass is 9.83. The number of ether oxygens (including phenoxy) is 2. The van der Waals surface area contributed by atoms with Gasteiger partial charge in [-0.1, -0.05) is 6.08 Å². The third-order valence-electron chi connectivity index (χ3n) is 7.42. The standard InChI is InChI=1S/C28H29N5O7.C2HF3O2/c1-15(34)16-4-6-17(7-5-16)32-26(37)31-13-12-20-24(33(31)27(32)38)19-9-8-18(14-22(19)40-28(20,2)3)39-25(36)21(29)10-11-23(30)35;3-2(4,5)1(6)7/h4-9,12,14,21,24H,10-11,13,29H2,1-3H3,(H2,30,35);(H,6,7). The molecule has 0 fully saturated rings. The summed E-state index contributed by atoms with van der Waals surface area (Å²) in [5.74, 6) is -3.64. The normalized spacial score (nSPS) is 16.5. The summed E-state index contributed by atoms with van der Waals surface area (Å²) in [6.07, 6.45) is -3.21. The summed E-state index contributed by atoms with van der Waals surface area (Å²) in [4.78, 5) is 71.2. The number of aromatic nitrogens is 3. The summed E-state index contributed by atoms with van der Waals surface area (Å²) >= 11 is 0. The number of nitrogens with zero attached hydrogens (tertiary/aromatic N) is 3. The monoisotopic (exact) mass is 661 g/mol. The zero-order valence-corrected chi connectivity index (χ0v) is 25.2. The molecule has 3 heterocycles. The lowest BCUT2D eigenvalue weighted by molar-refractivity contribution is -0.192. The average Bonchev–Trinajstić information content (AvgIpc) is 3.24. The van der Waals surface area contributed by atoms with Crippen molar-refractivity contribution in [3.63, 3.8) is 0 Å². The van der Waals surface area contributed by atoms with Gasteiger partial charge >= 0.3 is 29.5 Å². The van der Waals surface area contributed by atoms with Gasteiger partial charge in [0.05, 0.1) is 12.2 Å². The molecule has 0 saturated carbocycles. The molecule has 0 bridgehead atoms. The molecule has 5 N–H and O–H groups in total. The van der Waals surface area contributed by atoms with Crippen LogP contribution in [0.15, 0.2) is 63.7 Å². The van der Waals surface area contributed by atoms with E-state index in [4.69, 9.17) is 30.8 Å². The fourth-order valence-electron chi connectivity index (χ4n) is 5.11. The minimum atomic E-state index is -5.08. The number of rotatable bonds is 7. The zero-order chi connectivity index (χ0) is 35.0. The number of ketones is 1. The SMILES string of the molecule is CC(=O)c1ccc(-n2c(=O)n3n(c2=O)C2C(=CC3)C(C)(C)Oc3cc(OC(=O)C(N)CCC(N)=O)ccc32)cc1.O=C(O)C(F)(F)F. The topological polar surface area (TPSA) is 208 Å². The Labute approximate surface area is 263 Å². The van der Waals surface area contributed by atoms with Crippen molar-refractivity contribution in [1.82, 2.24) is 13.9 Å². The van der Waals surface area contributed by atoms with Crippen LogP contribution in [0.4, 0.5) is 13.2 Å². The van der Waals surface area contributed by atoms with Gasteiger partial charge in [0.25, 0.3) is 0 Å². The van der Waals surface area contributed by atoms with Crippen LogP contribution in [0.5, 0.6) is 11.5 Å². The molecule has 5 rings (SSSR count). The van der Waals surface area contributed by atoms with E-state index in [9.17, 15) is 37.1 Å². The highest BCUT2D eigenvalue weighted by Crippen LogP contribution is 2.47. The smallest absolute Gasteiger partial charge is 0.483 e. The predicted octanol–water partition coefficient (Wildman–Crippen LogP) is 1.84. The lowest BCUT2D eigenvalue weighted by Gasteiger charge is -2.42. The molecule has 2 atom stereocenters. The Kier molecular flexibility index (Phi) is 9.33. The molecule has 1 aromatic heterocycles. The third-order valence-corrected chi connectivity index (χ3v) is 7.42. The first kappa shape index (κ1) is 34.4. The van der Waals surface area contributed by atoms with Crippen molar-refractivity contribution in [2.45, 2.75) is 64.0 Å². The number of hydrogen-bond donors (Lipinski definition) is 3. The van der Waals surface area contributed by atoms with E-state index in [1.807, 2.05) is 19.9 Å². The Morgan fingerprint density at radius 2 is 1.70 bits per heavy atom. The van der Waals surface area contributed by atoms with Gasteiger partial charge < -0.3 is 26.0 Å². The average molecular weight is 662 g/mol. The quantitative estimate of drug-likeness (QED) is 0.145. The molecular formula is C30H30F3N5O9. The van der Waals surface area contributed by atoms with Crippen LogP contribution in [0, 0.1) is 0 Å². The first-order valence-corrected chi connectivity index (χ1v) is 14.0. The highest BCUT2D eigenvalue weighted by atomic mass is 19.4. The maximum absolute atomic E-state index is 13.8. The molecule has 2 aliphatic heterocycles. The number of halogens is 3. The zero-order valence-electron chi connectivity index (χ0n) is 25.2. The number of nitrogens with two attached hydrogens (primary N) is 2. The fourth-order valence-corrected chi connectivity index (χ4v) is 5.11. The van der Waals surface area contributed by atoms with Crippen LogP contribution in [0.2, 0.25) is 0 Å². The van der Waals surface area contributed by atoms with Crippen molar-refractivity contribution in [1.29, 1.82) is 0 Å². The number of Topliss-reactive ketones (excluding diaryl/α,β-unsaturated/α-hetero) is 1. The van der Waals surface area contributed by atoms with Crippen LogP contribution < -0.4 is 32.3 Å². The Bertz CT molecular complexity index is 1900. The predicted molar refractivity (Wildman–Crippen MR) is 157 cm³/mol. The van der Waals surface area contributed by atoms with E-state index < -0.39 is 53.1 Å². The third kappa shape index (κ3) is 7.04. The highest BCUT2D eigenvalue weighted by molar-refractivity contribution is 5.94. The Hall–Kier alpha value is -5.45. The molecule has 14 nitrogen and oxygen atoms in total. The number of carbonyl (C=O) groups is 4. The van der Waals surface area contributed by atoms with Crippen molar-refractivity contribution in [2.75, 3.05) is 0 Å². The lowest BCUT2D eigenvalue weighted by Crippen LogP contribution is -2.46. The number of hydrogen-bond acceptors (Lipinski definition) is 9. The summed E-state index contributed by atoms with van der Waals surface area (Å²) in [5, 5.41) is 7.12. The number of carboxylic acids is 1. The summed E-state index contributed by atoms with van der Waals surface area (Å²) < 4.78 is 47.3.